The first-order chi connectivity index (χ1) is 8.66. The van der Waals surface area contributed by atoms with Gasteiger partial charge in [-0.05, 0) is 18.6 Å². The molecule has 0 radical (unpaired) electrons. The highest BCUT2D eigenvalue weighted by Crippen LogP contribution is 2.44. The Morgan fingerprint density at radius 2 is 2.06 bits per heavy atom. The summed E-state index contributed by atoms with van der Waals surface area (Å²) < 4.78 is 15.9. The maximum absolute atomic E-state index is 6.28. The van der Waals surface area contributed by atoms with E-state index in [1.165, 1.54) is 0 Å². The Bertz CT molecular complexity index is 610. The summed E-state index contributed by atoms with van der Waals surface area (Å²) in [6.07, 6.45) is 0. The summed E-state index contributed by atoms with van der Waals surface area (Å²) in [6, 6.07) is 3.49. The van der Waals surface area contributed by atoms with Crippen molar-refractivity contribution < 1.29 is 14.0 Å². The zero-order chi connectivity index (χ0) is 12.7. The van der Waals surface area contributed by atoms with Gasteiger partial charge in [-0.2, -0.15) is 0 Å². The SMILES string of the molecule is Cc1c(-c2cc(N)on2)cc2c(c1Cl)OCCO2. The van der Waals surface area contributed by atoms with Crippen LogP contribution in [0, 0.1) is 6.92 Å². The molecule has 1 aromatic heterocycles. The number of hydrogen-bond donors (Lipinski definition) is 1. The summed E-state index contributed by atoms with van der Waals surface area (Å²) in [5.41, 5.74) is 7.83. The van der Waals surface area contributed by atoms with Crippen LogP contribution in [0.2, 0.25) is 5.02 Å². The molecule has 5 nitrogen and oxygen atoms in total. The van der Waals surface area contributed by atoms with Crippen LogP contribution >= 0.6 is 11.6 Å². The van der Waals surface area contributed by atoms with Crippen molar-refractivity contribution in [1.82, 2.24) is 5.16 Å². The van der Waals surface area contributed by atoms with E-state index in [2.05, 4.69) is 5.16 Å². The number of benzene rings is 1. The Hall–Kier alpha value is -1.88. The predicted octanol–water partition coefficient (Wildman–Crippen LogP) is 2.66. The molecule has 2 heterocycles. The molecule has 0 spiro atoms. The average Bonchev–Trinajstić information content (AvgIpc) is 2.80. The number of anilines is 1. The van der Waals surface area contributed by atoms with Crippen molar-refractivity contribution in [3.8, 4) is 22.8 Å². The van der Waals surface area contributed by atoms with E-state index in [-0.39, 0.29) is 5.88 Å². The van der Waals surface area contributed by atoms with E-state index in [4.69, 9.17) is 31.3 Å². The maximum atomic E-state index is 6.28. The van der Waals surface area contributed by atoms with E-state index < -0.39 is 0 Å². The number of nitrogens with two attached hydrogens (primary N) is 1. The maximum Gasteiger partial charge on any atom is 0.222 e. The molecule has 94 valence electrons. The lowest BCUT2D eigenvalue weighted by molar-refractivity contribution is 0.171. The Balaban J connectivity index is 2.18. The molecule has 0 amide bonds. The van der Waals surface area contributed by atoms with Gasteiger partial charge in [-0.3, -0.25) is 0 Å². The normalized spacial score (nSPS) is 13.7. The van der Waals surface area contributed by atoms with Crippen molar-refractivity contribution in [1.29, 1.82) is 0 Å². The fourth-order valence-corrected chi connectivity index (χ4v) is 2.17. The average molecular weight is 267 g/mol. The molecule has 2 N–H and O–H groups in total. The molecule has 1 aliphatic heterocycles. The Morgan fingerprint density at radius 1 is 1.28 bits per heavy atom. The van der Waals surface area contributed by atoms with Crippen LogP contribution in [0.4, 0.5) is 5.88 Å². The molecular formula is C12H11ClN2O3. The van der Waals surface area contributed by atoms with Gasteiger partial charge in [0.05, 0.1) is 5.02 Å². The van der Waals surface area contributed by atoms with Crippen molar-refractivity contribution in [3.63, 3.8) is 0 Å². The van der Waals surface area contributed by atoms with Crippen LogP contribution in [0.15, 0.2) is 16.7 Å². The fourth-order valence-electron chi connectivity index (χ4n) is 1.92. The van der Waals surface area contributed by atoms with Gasteiger partial charge in [-0.1, -0.05) is 16.8 Å². The van der Waals surface area contributed by atoms with Gasteiger partial charge >= 0.3 is 0 Å². The monoisotopic (exact) mass is 266 g/mol. The van der Waals surface area contributed by atoms with Gasteiger partial charge in [-0.15, -0.1) is 0 Å². The van der Waals surface area contributed by atoms with Gasteiger partial charge in [0, 0.05) is 11.6 Å². The summed E-state index contributed by atoms with van der Waals surface area (Å²) in [6.45, 7) is 2.90. The van der Waals surface area contributed by atoms with E-state index in [0.29, 0.717) is 35.4 Å². The fraction of sp³-hybridized carbons (Fsp3) is 0.250. The number of hydrogen-bond acceptors (Lipinski definition) is 5. The first-order valence-corrected chi connectivity index (χ1v) is 5.86. The minimum atomic E-state index is 0.260. The molecule has 3 rings (SSSR count). The second-order valence-electron chi connectivity index (χ2n) is 4.00. The van der Waals surface area contributed by atoms with Gasteiger partial charge in [-0.25, -0.2) is 0 Å². The van der Waals surface area contributed by atoms with Gasteiger partial charge in [0.1, 0.15) is 18.9 Å². The third kappa shape index (κ3) is 1.67. The lowest BCUT2D eigenvalue weighted by Crippen LogP contribution is -2.16. The van der Waals surface area contributed by atoms with Gasteiger partial charge in [0.25, 0.3) is 0 Å². The highest BCUT2D eigenvalue weighted by atomic mass is 35.5. The van der Waals surface area contributed by atoms with Crippen molar-refractivity contribution in [2.24, 2.45) is 0 Å². The van der Waals surface area contributed by atoms with Crippen LogP contribution in [0.3, 0.4) is 0 Å². The van der Waals surface area contributed by atoms with E-state index in [1.807, 2.05) is 13.0 Å². The van der Waals surface area contributed by atoms with Crippen molar-refractivity contribution in [2.75, 3.05) is 18.9 Å². The number of halogens is 1. The molecule has 6 heteroatoms. The van der Waals surface area contributed by atoms with Crippen LogP contribution in [-0.2, 0) is 0 Å². The van der Waals surface area contributed by atoms with Crippen LogP contribution in [0.25, 0.3) is 11.3 Å². The highest BCUT2D eigenvalue weighted by Gasteiger charge is 2.21. The van der Waals surface area contributed by atoms with Gasteiger partial charge < -0.3 is 19.7 Å². The molecule has 0 aliphatic carbocycles. The Labute approximate surface area is 108 Å². The summed E-state index contributed by atoms with van der Waals surface area (Å²) in [5.74, 6) is 1.46. The Morgan fingerprint density at radius 3 is 2.78 bits per heavy atom. The molecule has 0 atom stereocenters. The molecule has 0 unspecified atom stereocenters. The molecule has 0 saturated heterocycles. The molecule has 1 aliphatic rings. The number of fused-ring (bicyclic) bond motifs is 1. The van der Waals surface area contributed by atoms with Crippen LogP contribution in [0.1, 0.15) is 5.56 Å². The first kappa shape index (κ1) is 11.2. The molecule has 0 saturated carbocycles. The van der Waals surface area contributed by atoms with E-state index in [1.54, 1.807) is 6.07 Å². The first-order valence-electron chi connectivity index (χ1n) is 5.48. The van der Waals surface area contributed by atoms with E-state index in [0.717, 1.165) is 11.1 Å². The number of ether oxygens (including phenoxy) is 2. The quantitative estimate of drug-likeness (QED) is 0.859. The predicted molar refractivity (Wildman–Crippen MR) is 67.1 cm³/mol. The second kappa shape index (κ2) is 4.10. The number of nitrogen functional groups attached to an aromatic ring is 1. The van der Waals surface area contributed by atoms with Crippen LogP contribution < -0.4 is 15.2 Å². The minimum Gasteiger partial charge on any atom is -0.486 e. The molecule has 1 aromatic carbocycles. The minimum absolute atomic E-state index is 0.260. The number of rotatable bonds is 1. The zero-order valence-electron chi connectivity index (χ0n) is 9.70. The lowest BCUT2D eigenvalue weighted by Gasteiger charge is -2.21. The third-order valence-corrected chi connectivity index (χ3v) is 3.28. The second-order valence-corrected chi connectivity index (χ2v) is 4.38. The standard InChI is InChI=1S/C12H11ClN2O3/c1-6-7(8-5-10(14)18-15-8)4-9-12(11(6)13)17-3-2-16-9/h4-5H,2-3,14H2,1H3. The number of nitrogens with zero attached hydrogens (tertiary/aromatic N) is 1. The number of aromatic nitrogens is 1. The zero-order valence-corrected chi connectivity index (χ0v) is 10.5. The molecule has 2 aromatic rings. The summed E-state index contributed by atoms with van der Waals surface area (Å²) in [4.78, 5) is 0. The van der Waals surface area contributed by atoms with Crippen molar-refractivity contribution >= 4 is 17.5 Å². The summed E-state index contributed by atoms with van der Waals surface area (Å²) in [7, 11) is 0. The Kier molecular flexibility index (Phi) is 2.56. The smallest absolute Gasteiger partial charge is 0.222 e. The van der Waals surface area contributed by atoms with Crippen LogP contribution in [-0.4, -0.2) is 18.4 Å². The van der Waals surface area contributed by atoms with Crippen molar-refractivity contribution in [3.05, 3.63) is 22.7 Å². The molecule has 0 bridgehead atoms. The topological polar surface area (TPSA) is 70.5 Å². The summed E-state index contributed by atoms with van der Waals surface area (Å²) >= 11 is 6.28. The van der Waals surface area contributed by atoms with Crippen LogP contribution in [0.5, 0.6) is 11.5 Å². The van der Waals surface area contributed by atoms with Crippen molar-refractivity contribution in [2.45, 2.75) is 6.92 Å². The van der Waals surface area contributed by atoms with Gasteiger partial charge in [0.2, 0.25) is 5.88 Å². The largest absolute Gasteiger partial charge is 0.486 e. The van der Waals surface area contributed by atoms with E-state index >= 15 is 0 Å². The molecule has 18 heavy (non-hydrogen) atoms. The molecular weight excluding hydrogens is 256 g/mol. The highest BCUT2D eigenvalue weighted by molar-refractivity contribution is 6.33. The summed E-state index contributed by atoms with van der Waals surface area (Å²) in [5, 5.41) is 4.41. The van der Waals surface area contributed by atoms with Gasteiger partial charge in [0.15, 0.2) is 11.5 Å². The molecule has 0 fully saturated rings. The van der Waals surface area contributed by atoms with E-state index in [9.17, 15) is 0 Å². The lowest BCUT2D eigenvalue weighted by atomic mass is 10.0. The third-order valence-electron chi connectivity index (χ3n) is 2.82.